The molecule has 0 unspecified atom stereocenters. The van der Waals surface area contributed by atoms with E-state index >= 15 is 0 Å². The number of anilines is 1. The maximum Gasteiger partial charge on any atom is 0.255 e. The number of carbonyl (C=O) groups is 2. The second kappa shape index (κ2) is 8.76. The monoisotopic (exact) mass is 421 g/mol. The fraction of sp³-hybridized carbons (Fsp3) is 0.280. The summed E-state index contributed by atoms with van der Waals surface area (Å²) >= 11 is 0. The molecule has 2 aromatic carbocycles. The molecule has 162 valence electrons. The van der Waals surface area contributed by atoms with Crippen molar-refractivity contribution in [1.29, 1.82) is 0 Å². The zero-order chi connectivity index (χ0) is 22.9. The average molecular weight is 422 g/mol. The van der Waals surface area contributed by atoms with Gasteiger partial charge in [0.1, 0.15) is 5.82 Å². The first-order valence-corrected chi connectivity index (χ1v) is 10.2. The highest BCUT2D eigenvalue weighted by Gasteiger charge is 2.21. The van der Waals surface area contributed by atoms with Crippen molar-refractivity contribution in [3.05, 3.63) is 81.9 Å². The smallest absolute Gasteiger partial charge is 0.255 e. The lowest BCUT2D eigenvalue weighted by atomic mass is 10.1. The molecule has 3 aromatic rings. The number of rotatable bonds is 5. The molecule has 0 spiro atoms. The molecule has 2 amide bonds. The largest absolute Gasteiger partial charge is 0.332 e. The molecule has 1 heterocycles. The summed E-state index contributed by atoms with van der Waals surface area (Å²) in [5, 5.41) is 2.93. The van der Waals surface area contributed by atoms with E-state index in [-0.39, 0.29) is 24.2 Å². The van der Waals surface area contributed by atoms with Crippen LogP contribution >= 0.6 is 0 Å². The van der Waals surface area contributed by atoms with Crippen LogP contribution in [0.1, 0.15) is 38.4 Å². The summed E-state index contributed by atoms with van der Waals surface area (Å²) in [5.41, 5.74) is 6.79. The Hall–Kier alpha value is -3.41. The summed E-state index contributed by atoms with van der Waals surface area (Å²) in [6, 6.07) is 12.0. The number of aromatic nitrogens is 1. The van der Waals surface area contributed by atoms with E-state index in [2.05, 4.69) is 5.32 Å². The Morgan fingerprint density at radius 2 is 1.55 bits per heavy atom. The highest BCUT2D eigenvalue weighted by molar-refractivity contribution is 6.00. The zero-order valence-corrected chi connectivity index (χ0v) is 18.8. The predicted molar refractivity (Wildman–Crippen MR) is 121 cm³/mol. The van der Waals surface area contributed by atoms with E-state index in [9.17, 15) is 14.0 Å². The lowest BCUT2D eigenvalue weighted by Gasteiger charge is -2.19. The third kappa shape index (κ3) is 4.68. The molecule has 1 aromatic heterocycles. The fourth-order valence-corrected chi connectivity index (χ4v) is 4.02. The van der Waals surface area contributed by atoms with Crippen LogP contribution in [0.5, 0.6) is 0 Å². The summed E-state index contributed by atoms with van der Waals surface area (Å²) < 4.78 is 15.2. The van der Waals surface area contributed by atoms with Crippen molar-refractivity contribution in [2.45, 2.75) is 34.6 Å². The van der Waals surface area contributed by atoms with Crippen LogP contribution < -0.4 is 5.32 Å². The first kappa shape index (κ1) is 22.3. The minimum atomic E-state index is -0.313. The topological polar surface area (TPSA) is 54.3 Å². The molecule has 1 N–H and O–H groups in total. The molecule has 5 nitrogen and oxygen atoms in total. The molecule has 0 saturated heterocycles. The third-order valence-electron chi connectivity index (χ3n) is 5.42. The highest BCUT2D eigenvalue weighted by Crippen LogP contribution is 2.23. The molecular weight excluding hydrogens is 393 g/mol. The average Bonchev–Trinajstić information content (AvgIpc) is 2.99. The number of hydrogen-bond donors (Lipinski definition) is 1. The van der Waals surface area contributed by atoms with E-state index < -0.39 is 0 Å². The van der Waals surface area contributed by atoms with Gasteiger partial charge in [-0.25, -0.2) is 4.39 Å². The molecule has 0 saturated carbocycles. The quantitative estimate of drug-likeness (QED) is 0.639. The number of nitrogens with one attached hydrogen (secondary N) is 1. The lowest BCUT2D eigenvalue weighted by molar-refractivity contribution is -0.116. The van der Waals surface area contributed by atoms with Crippen LogP contribution in [0.3, 0.4) is 0 Å². The van der Waals surface area contributed by atoms with Crippen LogP contribution in [-0.4, -0.2) is 34.9 Å². The fourth-order valence-electron chi connectivity index (χ4n) is 4.02. The summed E-state index contributed by atoms with van der Waals surface area (Å²) in [6.07, 6.45) is 0. The first-order chi connectivity index (χ1) is 14.6. The van der Waals surface area contributed by atoms with Crippen LogP contribution in [0.2, 0.25) is 0 Å². The second-order valence-electron chi connectivity index (χ2n) is 8.08. The minimum Gasteiger partial charge on any atom is -0.332 e. The van der Waals surface area contributed by atoms with Crippen molar-refractivity contribution >= 4 is 17.5 Å². The van der Waals surface area contributed by atoms with E-state index in [4.69, 9.17) is 0 Å². The molecule has 0 aliphatic carbocycles. The Morgan fingerprint density at radius 3 is 2.13 bits per heavy atom. The number of nitrogens with zero attached hydrogens (tertiary/aromatic N) is 2. The number of aryl methyl sites for hydroxylation is 4. The number of carbonyl (C=O) groups excluding carboxylic acids is 2. The SMILES string of the molecule is Cc1cc(C)c(NC(=O)CN(C)C(=O)c2cc(C)n(-c3ccc(F)cc3)c2C)c(C)c1. The molecule has 0 aliphatic rings. The van der Waals surface area contributed by atoms with E-state index in [1.807, 2.05) is 51.3 Å². The lowest BCUT2D eigenvalue weighted by Crippen LogP contribution is -2.35. The summed E-state index contributed by atoms with van der Waals surface area (Å²) in [6.45, 7) is 9.59. The molecule has 6 heteroatoms. The van der Waals surface area contributed by atoms with Gasteiger partial charge in [0.2, 0.25) is 5.91 Å². The van der Waals surface area contributed by atoms with Gasteiger partial charge in [-0.3, -0.25) is 9.59 Å². The first-order valence-electron chi connectivity index (χ1n) is 10.2. The summed E-state index contributed by atoms with van der Waals surface area (Å²) in [7, 11) is 1.61. The molecular formula is C25H28FN3O2. The van der Waals surface area contributed by atoms with Crippen molar-refractivity contribution in [2.75, 3.05) is 18.9 Å². The van der Waals surface area contributed by atoms with E-state index in [0.29, 0.717) is 5.56 Å². The number of hydrogen-bond acceptors (Lipinski definition) is 2. The molecule has 31 heavy (non-hydrogen) atoms. The van der Waals surface area contributed by atoms with Crippen LogP contribution in [0.4, 0.5) is 10.1 Å². The summed E-state index contributed by atoms with van der Waals surface area (Å²) in [4.78, 5) is 27.1. The van der Waals surface area contributed by atoms with Crippen molar-refractivity contribution in [3.63, 3.8) is 0 Å². The van der Waals surface area contributed by atoms with E-state index in [0.717, 1.165) is 39.5 Å². The molecule has 0 atom stereocenters. The summed E-state index contributed by atoms with van der Waals surface area (Å²) in [5.74, 6) is -0.806. The van der Waals surface area contributed by atoms with Crippen molar-refractivity contribution in [1.82, 2.24) is 9.47 Å². The Morgan fingerprint density at radius 1 is 0.968 bits per heavy atom. The second-order valence-corrected chi connectivity index (χ2v) is 8.08. The van der Waals surface area contributed by atoms with Gasteiger partial charge in [0, 0.05) is 29.8 Å². The minimum absolute atomic E-state index is 0.0637. The van der Waals surface area contributed by atoms with Gasteiger partial charge in [-0.05, 0) is 76.1 Å². The zero-order valence-electron chi connectivity index (χ0n) is 18.8. The molecule has 0 bridgehead atoms. The maximum atomic E-state index is 13.3. The Kier molecular flexibility index (Phi) is 6.29. The van der Waals surface area contributed by atoms with Gasteiger partial charge in [0.15, 0.2) is 0 Å². The van der Waals surface area contributed by atoms with Gasteiger partial charge < -0.3 is 14.8 Å². The van der Waals surface area contributed by atoms with Gasteiger partial charge in [-0.15, -0.1) is 0 Å². The Bertz CT molecular complexity index is 1120. The van der Waals surface area contributed by atoms with Gasteiger partial charge in [-0.2, -0.15) is 0 Å². The van der Waals surface area contributed by atoms with Crippen LogP contribution in [0, 0.1) is 40.4 Å². The standard InChI is InChI=1S/C25H28FN3O2/c1-15-11-16(2)24(17(3)12-15)27-23(30)14-28(6)25(31)22-13-18(4)29(19(22)5)21-9-7-20(26)8-10-21/h7-13H,14H2,1-6H3,(H,27,30). The number of amides is 2. The molecule has 0 radical (unpaired) electrons. The van der Waals surface area contributed by atoms with Gasteiger partial charge in [0.05, 0.1) is 12.1 Å². The highest BCUT2D eigenvalue weighted by atomic mass is 19.1. The third-order valence-corrected chi connectivity index (χ3v) is 5.42. The van der Waals surface area contributed by atoms with E-state index in [1.165, 1.54) is 17.0 Å². The number of benzene rings is 2. The number of halogens is 1. The molecule has 0 aliphatic heterocycles. The van der Waals surface area contributed by atoms with Gasteiger partial charge >= 0.3 is 0 Å². The van der Waals surface area contributed by atoms with E-state index in [1.54, 1.807) is 25.2 Å². The molecule has 0 fully saturated rings. The maximum absolute atomic E-state index is 13.3. The van der Waals surface area contributed by atoms with Gasteiger partial charge in [-0.1, -0.05) is 17.7 Å². The van der Waals surface area contributed by atoms with Crippen LogP contribution in [-0.2, 0) is 4.79 Å². The van der Waals surface area contributed by atoms with Crippen LogP contribution in [0.25, 0.3) is 5.69 Å². The van der Waals surface area contributed by atoms with Crippen LogP contribution in [0.15, 0.2) is 42.5 Å². The van der Waals surface area contributed by atoms with Crippen molar-refractivity contribution in [3.8, 4) is 5.69 Å². The van der Waals surface area contributed by atoms with Crippen molar-refractivity contribution < 1.29 is 14.0 Å². The molecule has 3 rings (SSSR count). The van der Waals surface area contributed by atoms with Crippen molar-refractivity contribution in [2.24, 2.45) is 0 Å². The Labute approximate surface area is 182 Å². The predicted octanol–water partition coefficient (Wildman–Crippen LogP) is 4.87. The Balaban J connectivity index is 1.77. The van der Waals surface area contributed by atoms with Gasteiger partial charge in [0.25, 0.3) is 5.91 Å². The number of likely N-dealkylation sites (N-methyl/N-ethyl adjacent to an activating group) is 1. The normalized spacial score (nSPS) is 10.8.